The van der Waals surface area contributed by atoms with E-state index in [2.05, 4.69) is 29.6 Å². The largest absolute Gasteiger partial charge is 0.382 e. The molecule has 1 aromatic carbocycles. The van der Waals surface area contributed by atoms with E-state index in [9.17, 15) is 0 Å². The molecule has 0 fully saturated rings. The van der Waals surface area contributed by atoms with Gasteiger partial charge in [-0.15, -0.1) is 0 Å². The molecule has 0 unspecified atom stereocenters. The van der Waals surface area contributed by atoms with Gasteiger partial charge in [0.1, 0.15) is 6.07 Å². The van der Waals surface area contributed by atoms with E-state index in [1.165, 1.54) is 37.7 Å². The number of hydrogen-bond donors (Lipinski definition) is 3. The number of benzene rings is 1. The molecule has 5 heteroatoms. The van der Waals surface area contributed by atoms with Gasteiger partial charge >= 0.3 is 0 Å². The highest BCUT2D eigenvalue weighted by molar-refractivity contribution is 6.45. The summed E-state index contributed by atoms with van der Waals surface area (Å²) < 4.78 is 0. The van der Waals surface area contributed by atoms with E-state index < -0.39 is 0 Å². The standard InChI is InChI=1S/C16H23N5/c1-2-3-4-5-6-7-13-8-10-14(11-9-13)20-21-15(12-17)16(18)19/h8-11,20H,2-7H2,1H3,(H3,18,19)/b21-15+. The number of nitriles is 1. The van der Waals surface area contributed by atoms with Crippen LogP contribution in [0.15, 0.2) is 29.4 Å². The summed E-state index contributed by atoms with van der Waals surface area (Å²) in [5.74, 6) is -0.339. The predicted octanol–water partition coefficient (Wildman–Crippen LogP) is 3.43. The lowest BCUT2D eigenvalue weighted by Gasteiger charge is -2.04. The first-order valence-corrected chi connectivity index (χ1v) is 7.34. The van der Waals surface area contributed by atoms with Crippen LogP contribution in [0, 0.1) is 16.7 Å². The lowest BCUT2D eigenvalue weighted by atomic mass is 10.1. The molecule has 1 aromatic rings. The first-order valence-electron chi connectivity index (χ1n) is 7.34. The Balaban J connectivity index is 2.44. The van der Waals surface area contributed by atoms with Gasteiger partial charge < -0.3 is 5.73 Å². The van der Waals surface area contributed by atoms with Crippen LogP contribution in [0.4, 0.5) is 5.69 Å². The molecule has 0 aromatic heterocycles. The zero-order chi connectivity index (χ0) is 15.5. The van der Waals surface area contributed by atoms with Crippen LogP contribution in [-0.4, -0.2) is 11.5 Å². The average Bonchev–Trinajstić information content (AvgIpc) is 2.49. The number of unbranched alkanes of at least 4 members (excludes halogenated alkanes) is 4. The minimum Gasteiger partial charge on any atom is -0.382 e. The smallest absolute Gasteiger partial charge is 0.201 e. The van der Waals surface area contributed by atoms with E-state index >= 15 is 0 Å². The molecule has 112 valence electrons. The van der Waals surface area contributed by atoms with Gasteiger partial charge in [0.15, 0.2) is 5.84 Å². The zero-order valence-electron chi connectivity index (χ0n) is 12.5. The number of amidine groups is 1. The maximum atomic E-state index is 8.74. The molecule has 0 bridgehead atoms. The number of rotatable bonds is 9. The van der Waals surface area contributed by atoms with E-state index in [0.717, 1.165) is 12.1 Å². The predicted molar refractivity (Wildman–Crippen MR) is 87.5 cm³/mol. The van der Waals surface area contributed by atoms with Crippen molar-refractivity contribution in [3.8, 4) is 6.07 Å². The monoisotopic (exact) mass is 285 g/mol. The molecule has 0 heterocycles. The summed E-state index contributed by atoms with van der Waals surface area (Å²) >= 11 is 0. The van der Waals surface area contributed by atoms with Gasteiger partial charge in [-0.05, 0) is 30.5 Å². The number of aryl methyl sites for hydroxylation is 1. The molecule has 0 spiro atoms. The molecule has 0 amide bonds. The van der Waals surface area contributed by atoms with Gasteiger partial charge in [0.05, 0.1) is 5.69 Å². The maximum Gasteiger partial charge on any atom is 0.201 e. The zero-order valence-corrected chi connectivity index (χ0v) is 12.5. The summed E-state index contributed by atoms with van der Waals surface area (Å²) in [5.41, 5.74) is 9.91. The van der Waals surface area contributed by atoms with Gasteiger partial charge in [0.2, 0.25) is 5.71 Å². The van der Waals surface area contributed by atoms with Gasteiger partial charge in [0.25, 0.3) is 0 Å². The van der Waals surface area contributed by atoms with Crippen LogP contribution in [0.2, 0.25) is 0 Å². The lowest BCUT2D eigenvalue weighted by molar-refractivity contribution is 0.632. The minimum atomic E-state index is -0.339. The topological polar surface area (TPSA) is 98.0 Å². The van der Waals surface area contributed by atoms with Crippen molar-refractivity contribution in [2.24, 2.45) is 10.8 Å². The average molecular weight is 285 g/mol. The Bertz CT molecular complexity index is 510. The van der Waals surface area contributed by atoms with E-state index in [-0.39, 0.29) is 11.5 Å². The molecule has 0 atom stereocenters. The molecule has 5 nitrogen and oxygen atoms in total. The van der Waals surface area contributed by atoms with Crippen LogP contribution in [0.5, 0.6) is 0 Å². The Hall–Kier alpha value is -2.35. The van der Waals surface area contributed by atoms with Crippen LogP contribution in [0.3, 0.4) is 0 Å². The van der Waals surface area contributed by atoms with E-state index in [4.69, 9.17) is 16.4 Å². The second kappa shape index (κ2) is 9.54. The van der Waals surface area contributed by atoms with E-state index in [1.807, 2.05) is 12.1 Å². The molecule has 1 rings (SSSR count). The summed E-state index contributed by atoms with van der Waals surface area (Å²) in [7, 11) is 0. The van der Waals surface area contributed by atoms with Crippen LogP contribution in [0.25, 0.3) is 0 Å². The van der Waals surface area contributed by atoms with Gasteiger partial charge in [-0.3, -0.25) is 10.8 Å². The number of nitrogens with zero attached hydrogens (tertiary/aromatic N) is 2. The van der Waals surface area contributed by atoms with E-state index in [0.29, 0.717) is 0 Å². The number of nitrogens with two attached hydrogens (primary N) is 1. The third kappa shape index (κ3) is 6.57. The molecular formula is C16H23N5. The number of hydrogen-bond acceptors (Lipinski definition) is 4. The Morgan fingerprint density at radius 3 is 2.48 bits per heavy atom. The van der Waals surface area contributed by atoms with Crippen molar-refractivity contribution in [2.75, 3.05) is 5.43 Å². The van der Waals surface area contributed by atoms with Crippen molar-refractivity contribution < 1.29 is 0 Å². The SMILES string of the molecule is CCCCCCCc1ccc(N/N=C(\C#N)C(=N)N)cc1. The number of anilines is 1. The Morgan fingerprint density at radius 2 is 1.90 bits per heavy atom. The van der Waals surface area contributed by atoms with E-state index in [1.54, 1.807) is 6.07 Å². The molecule has 0 saturated heterocycles. The molecule has 0 aliphatic heterocycles. The normalized spacial score (nSPS) is 11.0. The summed E-state index contributed by atoms with van der Waals surface area (Å²) in [6.07, 6.45) is 7.48. The summed E-state index contributed by atoms with van der Waals surface area (Å²) in [4.78, 5) is 0. The first-order chi connectivity index (χ1) is 10.2. The van der Waals surface area contributed by atoms with Gasteiger partial charge in [-0.25, -0.2) is 0 Å². The van der Waals surface area contributed by atoms with Gasteiger partial charge in [-0.1, -0.05) is 44.7 Å². The summed E-state index contributed by atoms with van der Waals surface area (Å²) in [5, 5.41) is 19.7. The van der Waals surface area contributed by atoms with Gasteiger partial charge in [0, 0.05) is 0 Å². The van der Waals surface area contributed by atoms with Gasteiger partial charge in [-0.2, -0.15) is 10.4 Å². The molecular weight excluding hydrogens is 262 g/mol. The molecule has 0 aliphatic carbocycles. The van der Waals surface area contributed by atoms with Crippen molar-refractivity contribution in [1.29, 1.82) is 10.7 Å². The molecule has 21 heavy (non-hydrogen) atoms. The third-order valence-corrected chi connectivity index (χ3v) is 3.18. The van der Waals surface area contributed by atoms with Crippen molar-refractivity contribution in [3.05, 3.63) is 29.8 Å². The Kier molecular flexibility index (Phi) is 7.59. The van der Waals surface area contributed by atoms with Crippen molar-refractivity contribution in [3.63, 3.8) is 0 Å². The van der Waals surface area contributed by atoms with Crippen molar-refractivity contribution in [2.45, 2.75) is 45.4 Å². The third-order valence-electron chi connectivity index (χ3n) is 3.18. The highest BCUT2D eigenvalue weighted by Crippen LogP contribution is 2.13. The van der Waals surface area contributed by atoms with Crippen molar-refractivity contribution >= 4 is 17.2 Å². The maximum absolute atomic E-state index is 8.74. The quantitative estimate of drug-likeness (QED) is 0.280. The number of nitrogens with one attached hydrogen (secondary N) is 2. The first kappa shape index (κ1) is 16.7. The van der Waals surface area contributed by atoms with Crippen LogP contribution in [-0.2, 0) is 6.42 Å². The number of hydrazone groups is 1. The molecule has 0 saturated carbocycles. The summed E-state index contributed by atoms with van der Waals surface area (Å²) in [6.45, 7) is 2.22. The molecule has 0 radical (unpaired) electrons. The minimum absolute atomic E-state index is 0.116. The van der Waals surface area contributed by atoms with Crippen LogP contribution >= 0.6 is 0 Å². The highest BCUT2D eigenvalue weighted by Gasteiger charge is 2.01. The Morgan fingerprint density at radius 1 is 1.24 bits per heavy atom. The molecule has 0 aliphatic rings. The second-order valence-corrected chi connectivity index (χ2v) is 4.96. The highest BCUT2D eigenvalue weighted by atomic mass is 15.3. The Labute approximate surface area is 126 Å². The van der Waals surface area contributed by atoms with Crippen LogP contribution in [0.1, 0.15) is 44.6 Å². The van der Waals surface area contributed by atoms with Crippen LogP contribution < -0.4 is 11.2 Å². The molecule has 4 N–H and O–H groups in total. The second-order valence-electron chi connectivity index (χ2n) is 4.96. The fraction of sp³-hybridized carbons (Fsp3) is 0.438. The fourth-order valence-electron chi connectivity index (χ4n) is 1.94. The lowest BCUT2D eigenvalue weighted by Crippen LogP contribution is -2.21. The fourth-order valence-corrected chi connectivity index (χ4v) is 1.94. The van der Waals surface area contributed by atoms with Crippen molar-refractivity contribution in [1.82, 2.24) is 0 Å². The summed E-state index contributed by atoms with van der Waals surface area (Å²) in [6, 6.07) is 9.71.